The van der Waals surface area contributed by atoms with Gasteiger partial charge in [-0.05, 0) is 36.3 Å². The highest BCUT2D eigenvalue weighted by atomic mass is 32.2. The molecule has 0 saturated heterocycles. The summed E-state index contributed by atoms with van der Waals surface area (Å²) in [4.78, 5) is 61.5. The molecule has 0 bridgehead atoms. The topological polar surface area (TPSA) is 188 Å². The molecule has 3 amide bonds. The Morgan fingerprint density at radius 2 is 1.54 bits per heavy atom. The van der Waals surface area contributed by atoms with E-state index in [1.54, 1.807) is 43.0 Å². The number of nitrogens with one attached hydrogen (secondary N) is 3. The Labute approximate surface area is 221 Å². The summed E-state index contributed by atoms with van der Waals surface area (Å²) in [7, 11) is 0. The van der Waals surface area contributed by atoms with Crippen LogP contribution in [-0.4, -0.2) is 76.0 Å². The first-order chi connectivity index (χ1) is 17.5. The normalized spacial score (nSPS) is 14.9. The Hall–Kier alpha value is -3.12. The number of hydrogen-bond donors (Lipinski definition) is 6. The van der Waals surface area contributed by atoms with E-state index in [0.717, 1.165) is 5.56 Å². The number of carboxylic acids is 2. The second-order valence-corrected chi connectivity index (χ2v) is 9.83. The minimum atomic E-state index is -1.43. The number of aliphatic carboxylic acids is 2. The monoisotopic (exact) mass is 538 g/mol. The molecule has 5 unspecified atom stereocenters. The van der Waals surface area contributed by atoms with Crippen LogP contribution in [0.15, 0.2) is 30.3 Å². The zero-order valence-corrected chi connectivity index (χ0v) is 22.3. The van der Waals surface area contributed by atoms with E-state index >= 15 is 0 Å². The van der Waals surface area contributed by atoms with Gasteiger partial charge in [0, 0.05) is 12.8 Å². The van der Waals surface area contributed by atoms with Gasteiger partial charge in [0.25, 0.3) is 0 Å². The lowest BCUT2D eigenvalue weighted by Crippen LogP contribution is -2.59. The van der Waals surface area contributed by atoms with Gasteiger partial charge in [0.15, 0.2) is 0 Å². The van der Waals surface area contributed by atoms with Gasteiger partial charge in [0.1, 0.15) is 18.1 Å². The average molecular weight is 539 g/mol. The molecular formula is C25H38N4O7S. The lowest BCUT2D eigenvalue weighted by molar-refractivity contribution is -0.143. The minimum absolute atomic E-state index is 0.152. The Bertz CT molecular complexity index is 916. The molecule has 0 saturated carbocycles. The van der Waals surface area contributed by atoms with Crippen LogP contribution in [-0.2, 0) is 30.4 Å². The Kier molecular flexibility index (Phi) is 14.3. The Morgan fingerprint density at radius 1 is 0.919 bits per heavy atom. The molecule has 7 N–H and O–H groups in total. The first-order valence-electron chi connectivity index (χ1n) is 12.1. The number of rotatable bonds is 17. The van der Waals surface area contributed by atoms with Crippen LogP contribution in [0.1, 0.15) is 45.1 Å². The molecule has 0 spiro atoms. The van der Waals surface area contributed by atoms with Gasteiger partial charge in [-0.25, -0.2) is 4.79 Å². The maximum Gasteiger partial charge on any atom is 0.326 e. The van der Waals surface area contributed by atoms with Crippen LogP contribution in [0.5, 0.6) is 0 Å². The lowest BCUT2D eigenvalue weighted by atomic mass is 9.96. The molecular weight excluding hydrogens is 500 g/mol. The Balaban J connectivity index is 3.09. The molecule has 1 aromatic rings. The zero-order chi connectivity index (χ0) is 28.0. The van der Waals surface area contributed by atoms with Gasteiger partial charge in [-0.3, -0.25) is 19.2 Å². The van der Waals surface area contributed by atoms with Crippen LogP contribution in [0.3, 0.4) is 0 Å². The van der Waals surface area contributed by atoms with Crippen molar-refractivity contribution in [1.82, 2.24) is 16.0 Å². The fraction of sp³-hybridized carbons (Fsp3) is 0.560. The van der Waals surface area contributed by atoms with Gasteiger partial charge in [-0.2, -0.15) is 11.8 Å². The number of carbonyl (C=O) groups excluding carboxylic acids is 3. The second-order valence-electron chi connectivity index (χ2n) is 8.84. The van der Waals surface area contributed by atoms with Crippen LogP contribution in [0.25, 0.3) is 0 Å². The van der Waals surface area contributed by atoms with Crippen LogP contribution in [0.4, 0.5) is 0 Å². The fourth-order valence-electron chi connectivity index (χ4n) is 3.46. The average Bonchev–Trinajstić information content (AvgIpc) is 2.87. The van der Waals surface area contributed by atoms with E-state index < -0.39 is 60.2 Å². The number of hydrogen-bond acceptors (Lipinski definition) is 7. The van der Waals surface area contributed by atoms with E-state index in [0.29, 0.717) is 18.6 Å². The van der Waals surface area contributed by atoms with Gasteiger partial charge in [-0.15, -0.1) is 0 Å². The third-order valence-corrected chi connectivity index (χ3v) is 6.58. The molecule has 5 atom stereocenters. The zero-order valence-electron chi connectivity index (χ0n) is 21.4. The van der Waals surface area contributed by atoms with Crippen LogP contribution in [0.2, 0.25) is 0 Å². The Morgan fingerprint density at radius 3 is 2.08 bits per heavy atom. The lowest BCUT2D eigenvalue weighted by Gasteiger charge is -2.28. The molecule has 0 heterocycles. The highest BCUT2D eigenvalue weighted by molar-refractivity contribution is 7.98. The second kappa shape index (κ2) is 16.6. The molecule has 11 nitrogen and oxygen atoms in total. The van der Waals surface area contributed by atoms with Gasteiger partial charge < -0.3 is 31.9 Å². The van der Waals surface area contributed by atoms with Gasteiger partial charge in [-0.1, -0.05) is 50.6 Å². The molecule has 0 fully saturated rings. The van der Waals surface area contributed by atoms with Crippen molar-refractivity contribution in [2.75, 3.05) is 12.0 Å². The molecule has 37 heavy (non-hydrogen) atoms. The molecule has 206 valence electrons. The summed E-state index contributed by atoms with van der Waals surface area (Å²) in [5.74, 6) is -4.13. The molecule has 0 aliphatic heterocycles. The first-order valence-corrected chi connectivity index (χ1v) is 13.5. The standard InChI is InChI=1S/C25H38N4O7S/c1-4-15(2)21(24(34)27-18(25(35)36)10-11-20(30)31)29-23(33)19(14-16-8-6-5-7-9-16)28-22(32)17(26)12-13-37-3/h5-9,15,17-19,21H,4,10-14,26H2,1-3H3,(H,27,34)(H,28,32)(H,29,33)(H,30,31)(H,35,36). The number of carbonyl (C=O) groups is 5. The summed E-state index contributed by atoms with van der Waals surface area (Å²) >= 11 is 1.55. The SMILES string of the molecule is CCC(C)C(NC(=O)C(Cc1ccccc1)NC(=O)C(N)CCSC)C(=O)NC(CCC(=O)O)C(=O)O. The van der Waals surface area contributed by atoms with Crippen LogP contribution >= 0.6 is 11.8 Å². The van der Waals surface area contributed by atoms with Crippen molar-refractivity contribution < 1.29 is 34.2 Å². The molecule has 0 aliphatic carbocycles. The van der Waals surface area contributed by atoms with Crippen molar-refractivity contribution in [1.29, 1.82) is 0 Å². The van der Waals surface area contributed by atoms with E-state index in [1.807, 2.05) is 19.2 Å². The van der Waals surface area contributed by atoms with Crippen LogP contribution in [0, 0.1) is 5.92 Å². The van der Waals surface area contributed by atoms with E-state index in [-0.39, 0.29) is 18.8 Å². The van der Waals surface area contributed by atoms with Gasteiger partial charge in [0.05, 0.1) is 6.04 Å². The summed E-state index contributed by atoms with van der Waals surface area (Å²) in [6.45, 7) is 3.53. The van der Waals surface area contributed by atoms with Crippen molar-refractivity contribution in [3.63, 3.8) is 0 Å². The van der Waals surface area contributed by atoms with Crippen molar-refractivity contribution in [3.8, 4) is 0 Å². The van der Waals surface area contributed by atoms with E-state index in [2.05, 4.69) is 16.0 Å². The largest absolute Gasteiger partial charge is 0.481 e. The fourth-order valence-corrected chi connectivity index (χ4v) is 3.95. The highest BCUT2D eigenvalue weighted by Gasteiger charge is 2.33. The van der Waals surface area contributed by atoms with E-state index in [4.69, 9.17) is 10.8 Å². The molecule has 0 radical (unpaired) electrons. The van der Waals surface area contributed by atoms with Crippen molar-refractivity contribution in [2.24, 2.45) is 11.7 Å². The summed E-state index contributed by atoms with van der Waals surface area (Å²) in [5, 5.41) is 26.0. The summed E-state index contributed by atoms with van der Waals surface area (Å²) in [6.07, 6.45) is 2.21. The highest BCUT2D eigenvalue weighted by Crippen LogP contribution is 2.12. The smallest absolute Gasteiger partial charge is 0.326 e. The van der Waals surface area contributed by atoms with Crippen molar-refractivity contribution in [2.45, 2.75) is 70.1 Å². The number of benzene rings is 1. The third-order valence-electron chi connectivity index (χ3n) is 5.94. The van der Waals surface area contributed by atoms with Gasteiger partial charge >= 0.3 is 11.9 Å². The summed E-state index contributed by atoms with van der Waals surface area (Å²) < 4.78 is 0. The number of nitrogens with two attached hydrogens (primary N) is 1. The predicted molar refractivity (Wildman–Crippen MR) is 141 cm³/mol. The molecule has 0 aliphatic rings. The summed E-state index contributed by atoms with van der Waals surface area (Å²) in [6, 6.07) is 4.66. The predicted octanol–water partition coefficient (Wildman–Crippen LogP) is 0.759. The maximum atomic E-state index is 13.3. The van der Waals surface area contributed by atoms with Crippen molar-refractivity contribution in [3.05, 3.63) is 35.9 Å². The third kappa shape index (κ3) is 11.6. The van der Waals surface area contributed by atoms with Crippen molar-refractivity contribution >= 4 is 41.4 Å². The molecule has 0 aromatic heterocycles. The van der Waals surface area contributed by atoms with E-state index in [9.17, 15) is 29.1 Å². The molecule has 1 rings (SSSR count). The number of thioether (sulfide) groups is 1. The number of carboxylic acid groups (broad SMARTS) is 2. The first kappa shape index (κ1) is 31.9. The van der Waals surface area contributed by atoms with Crippen LogP contribution < -0.4 is 21.7 Å². The quantitative estimate of drug-likeness (QED) is 0.166. The minimum Gasteiger partial charge on any atom is -0.481 e. The number of amides is 3. The maximum absolute atomic E-state index is 13.3. The molecule has 1 aromatic carbocycles. The summed E-state index contributed by atoms with van der Waals surface area (Å²) in [5.41, 5.74) is 6.76. The molecule has 12 heteroatoms. The van der Waals surface area contributed by atoms with E-state index in [1.165, 1.54) is 0 Å². The van der Waals surface area contributed by atoms with Gasteiger partial charge in [0.2, 0.25) is 17.7 Å².